The SMILES string of the molecule is CC1(C)CC1(C#N)C(=O)N1CCN(CC(F)(F)CO)CC1. The highest BCUT2D eigenvalue weighted by Crippen LogP contribution is 2.63. The molecule has 2 rings (SSSR count). The van der Waals surface area contributed by atoms with Gasteiger partial charge in [-0.2, -0.15) is 5.26 Å². The Labute approximate surface area is 123 Å². The highest BCUT2D eigenvalue weighted by atomic mass is 19.3. The molecule has 1 amide bonds. The van der Waals surface area contributed by atoms with E-state index in [1.54, 1.807) is 4.90 Å². The number of carbonyl (C=O) groups is 1. The smallest absolute Gasteiger partial charge is 0.283 e. The Kier molecular flexibility index (Phi) is 3.98. The first-order chi connectivity index (χ1) is 9.67. The molecule has 1 aliphatic carbocycles. The summed E-state index contributed by atoms with van der Waals surface area (Å²) in [5.74, 6) is -3.29. The lowest BCUT2D eigenvalue weighted by Crippen LogP contribution is -2.53. The van der Waals surface area contributed by atoms with Crippen molar-refractivity contribution in [2.45, 2.75) is 26.2 Å². The predicted octanol–water partition coefficient (Wildman–Crippen LogP) is 0.698. The molecule has 2 aliphatic rings. The quantitative estimate of drug-likeness (QED) is 0.830. The van der Waals surface area contributed by atoms with Crippen molar-refractivity contribution < 1.29 is 18.7 Å². The van der Waals surface area contributed by atoms with E-state index in [0.717, 1.165) is 0 Å². The summed E-state index contributed by atoms with van der Waals surface area (Å²) in [4.78, 5) is 15.6. The Morgan fingerprint density at radius 1 is 1.33 bits per heavy atom. The minimum absolute atomic E-state index is 0.177. The van der Waals surface area contributed by atoms with Crippen molar-refractivity contribution in [2.75, 3.05) is 39.3 Å². The zero-order chi connectivity index (χ0) is 15.9. The normalized spacial score (nSPS) is 29.0. The molecular formula is C14H21F2N3O2. The fraction of sp³-hybridized carbons (Fsp3) is 0.857. The molecule has 0 bridgehead atoms. The number of amides is 1. The number of aliphatic hydroxyl groups is 1. The zero-order valence-corrected chi connectivity index (χ0v) is 12.4. The standard InChI is InChI=1S/C14H21F2N3O2/c1-12(2)7-13(12,8-17)11(21)19-5-3-18(4-6-19)9-14(15,16)10-20/h20H,3-7,9-10H2,1-2H3. The van der Waals surface area contributed by atoms with Crippen LogP contribution in [-0.4, -0.2) is 66.1 Å². The van der Waals surface area contributed by atoms with Crippen LogP contribution in [0.5, 0.6) is 0 Å². The van der Waals surface area contributed by atoms with Gasteiger partial charge in [0, 0.05) is 26.2 Å². The van der Waals surface area contributed by atoms with Crippen molar-refractivity contribution in [2.24, 2.45) is 10.8 Å². The summed E-state index contributed by atoms with van der Waals surface area (Å²) in [5, 5.41) is 17.9. The van der Waals surface area contributed by atoms with Crippen molar-refractivity contribution in [3.05, 3.63) is 0 Å². The van der Waals surface area contributed by atoms with Gasteiger partial charge < -0.3 is 10.0 Å². The largest absolute Gasteiger partial charge is 0.390 e. The third-order valence-corrected chi connectivity index (χ3v) is 4.64. The molecule has 0 spiro atoms. The second-order valence-corrected chi connectivity index (χ2v) is 6.66. The lowest BCUT2D eigenvalue weighted by Gasteiger charge is -2.37. The highest BCUT2D eigenvalue weighted by molar-refractivity contribution is 5.90. The van der Waals surface area contributed by atoms with Gasteiger partial charge >= 0.3 is 0 Å². The first kappa shape index (κ1) is 16.1. The van der Waals surface area contributed by atoms with Crippen LogP contribution in [0.1, 0.15) is 20.3 Å². The van der Waals surface area contributed by atoms with E-state index in [4.69, 9.17) is 5.11 Å². The van der Waals surface area contributed by atoms with Gasteiger partial charge in [0.2, 0.25) is 5.91 Å². The first-order valence-electron chi connectivity index (χ1n) is 7.09. The van der Waals surface area contributed by atoms with Gasteiger partial charge in [0.05, 0.1) is 12.6 Å². The van der Waals surface area contributed by atoms with Crippen LogP contribution in [0.3, 0.4) is 0 Å². The van der Waals surface area contributed by atoms with E-state index in [-0.39, 0.29) is 11.3 Å². The Balaban J connectivity index is 1.91. The summed E-state index contributed by atoms with van der Waals surface area (Å²) in [6.07, 6.45) is 0.554. The number of alkyl halides is 2. The van der Waals surface area contributed by atoms with E-state index >= 15 is 0 Å². The molecule has 118 valence electrons. The molecule has 1 unspecified atom stereocenters. The van der Waals surface area contributed by atoms with E-state index in [0.29, 0.717) is 32.6 Å². The van der Waals surface area contributed by atoms with Crippen molar-refractivity contribution in [1.29, 1.82) is 5.26 Å². The monoisotopic (exact) mass is 301 g/mol. The van der Waals surface area contributed by atoms with E-state index in [9.17, 15) is 18.8 Å². The molecule has 0 aromatic heterocycles. The highest BCUT2D eigenvalue weighted by Gasteiger charge is 2.68. The Hall–Kier alpha value is -1.26. The van der Waals surface area contributed by atoms with Crippen LogP contribution >= 0.6 is 0 Å². The summed E-state index contributed by atoms with van der Waals surface area (Å²) in [5.41, 5.74) is -1.25. The van der Waals surface area contributed by atoms with Gasteiger partial charge in [0.1, 0.15) is 12.0 Å². The number of hydrogen-bond acceptors (Lipinski definition) is 4. The van der Waals surface area contributed by atoms with Crippen molar-refractivity contribution in [1.82, 2.24) is 9.80 Å². The van der Waals surface area contributed by atoms with Crippen LogP contribution in [0.4, 0.5) is 8.78 Å². The average Bonchev–Trinajstić information content (AvgIpc) is 3.02. The number of halogens is 2. The van der Waals surface area contributed by atoms with Gasteiger partial charge in [-0.3, -0.25) is 9.69 Å². The van der Waals surface area contributed by atoms with Crippen molar-refractivity contribution in [3.8, 4) is 6.07 Å². The maximum absolute atomic E-state index is 13.1. The van der Waals surface area contributed by atoms with E-state index in [2.05, 4.69) is 6.07 Å². The number of nitrogens with zero attached hydrogens (tertiary/aromatic N) is 3. The van der Waals surface area contributed by atoms with Gasteiger partial charge in [-0.05, 0) is 11.8 Å². The lowest BCUT2D eigenvalue weighted by molar-refractivity contribution is -0.139. The third kappa shape index (κ3) is 2.87. The molecule has 1 aliphatic heterocycles. The molecule has 1 saturated carbocycles. The zero-order valence-electron chi connectivity index (χ0n) is 12.4. The Morgan fingerprint density at radius 2 is 1.86 bits per heavy atom. The third-order valence-electron chi connectivity index (χ3n) is 4.64. The van der Waals surface area contributed by atoms with Gasteiger partial charge in [0.25, 0.3) is 5.92 Å². The molecule has 1 atom stereocenters. The van der Waals surface area contributed by atoms with Gasteiger partial charge in [-0.1, -0.05) is 13.8 Å². The van der Waals surface area contributed by atoms with Crippen LogP contribution < -0.4 is 0 Å². The number of hydrogen-bond donors (Lipinski definition) is 1. The predicted molar refractivity (Wildman–Crippen MR) is 71.5 cm³/mol. The van der Waals surface area contributed by atoms with Gasteiger partial charge in [0.15, 0.2) is 0 Å². The van der Waals surface area contributed by atoms with Crippen molar-refractivity contribution >= 4 is 5.91 Å². The molecule has 1 saturated heterocycles. The Bertz CT molecular complexity index is 467. The first-order valence-corrected chi connectivity index (χ1v) is 7.09. The van der Waals surface area contributed by atoms with Crippen LogP contribution in [-0.2, 0) is 4.79 Å². The summed E-state index contributed by atoms with van der Waals surface area (Å²) < 4.78 is 26.3. The summed E-state index contributed by atoms with van der Waals surface area (Å²) in [6.45, 7) is 3.49. The van der Waals surface area contributed by atoms with Crippen LogP contribution in [0.15, 0.2) is 0 Å². The fourth-order valence-corrected chi connectivity index (χ4v) is 2.98. The summed E-state index contributed by atoms with van der Waals surface area (Å²) >= 11 is 0. The fourth-order valence-electron chi connectivity index (χ4n) is 2.98. The van der Waals surface area contributed by atoms with E-state index in [1.165, 1.54) is 4.90 Å². The number of aliphatic hydroxyl groups excluding tert-OH is 1. The maximum Gasteiger partial charge on any atom is 0.283 e. The van der Waals surface area contributed by atoms with E-state index < -0.39 is 24.5 Å². The molecule has 2 fully saturated rings. The molecular weight excluding hydrogens is 280 g/mol. The van der Waals surface area contributed by atoms with Gasteiger partial charge in [-0.15, -0.1) is 0 Å². The molecule has 1 N–H and O–H groups in total. The number of nitriles is 1. The molecule has 21 heavy (non-hydrogen) atoms. The minimum Gasteiger partial charge on any atom is -0.390 e. The molecule has 5 nitrogen and oxygen atoms in total. The van der Waals surface area contributed by atoms with Gasteiger partial charge in [-0.25, -0.2) is 8.78 Å². The lowest BCUT2D eigenvalue weighted by atomic mass is 9.95. The topological polar surface area (TPSA) is 67.6 Å². The molecule has 0 radical (unpaired) electrons. The number of rotatable bonds is 4. The summed E-state index contributed by atoms with van der Waals surface area (Å²) in [7, 11) is 0. The van der Waals surface area contributed by atoms with Crippen LogP contribution in [0.25, 0.3) is 0 Å². The van der Waals surface area contributed by atoms with E-state index in [1.807, 2.05) is 13.8 Å². The second kappa shape index (κ2) is 5.18. The minimum atomic E-state index is -3.11. The molecule has 0 aromatic carbocycles. The molecule has 1 heterocycles. The number of carbonyl (C=O) groups excluding carboxylic acids is 1. The second-order valence-electron chi connectivity index (χ2n) is 6.66. The molecule has 7 heteroatoms. The maximum atomic E-state index is 13.1. The average molecular weight is 301 g/mol. The van der Waals surface area contributed by atoms with Crippen molar-refractivity contribution in [3.63, 3.8) is 0 Å². The Morgan fingerprint density at radius 3 is 2.24 bits per heavy atom. The molecule has 0 aromatic rings. The van der Waals surface area contributed by atoms with Crippen LogP contribution in [0.2, 0.25) is 0 Å². The van der Waals surface area contributed by atoms with Crippen LogP contribution in [0, 0.1) is 22.2 Å². The number of piperazine rings is 1. The summed E-state index contributed by atoms with van der Waals surface area (Å²) in [6, 6.07) is 2.14.